The van der Waals surface area contributed by atoms with Crippen molar-refractivity contribution in [2.24, 2.45) is 0 Å². The highest BCUT2D eigenvalue weighted by Gasteiger charge is 2.18. The molecule has 0 spiro atoms. The van der Waals surface area contributed by atoms with E-state index >= 15 is 0 Å². The lowest BCUT2D eigenvalue weighted by atomic mass is 10.1. The molecule has 0 aliphatic carbocycles. The van der Waals surface area contributed by atoms with Crippen LogP contribution in [0.15, 0.2) is 101 Å². The molecular weight excluding hydrogens is 431 g/mol. The van der Waals surface area contributed by atoms with Crippen molar-refractivity contribution < 1.29 is 13.6 Å². The minimum absolute atomic E-state index is 0.00821. The number of fused-ring (bicyclic) bond motifs is 1. The summed E-state index contributed by atoms with van der Waals surface area (Å²) < 4.78 is 21.6. The van der Waals surface area contributed by atoms with Crippen LogP contribution >= 0.6 is 0 Å². The zero-order chi connectivity index (χ0) is 23.5. The van der Waals surface area contributed by atoms with E-state index in [0.717, 1.165) is 11.1 Å². The Morgan fingerprint density at radius 3 is 2.53 bits per heavy atom. The summed E-state index contributed by atoms with van der Waals surface area (Å²) in [6, 6.07) is 26.5. The van der Waals surface area contributed by atoms with Gasteiger partial charge in [0.1, 0.15) is 28.7 Å². The molecule has 1 N–H and O–H groups in total. The second-order valence-corrected chi connectivity index (χ2v) is 7.47. The van der Waals surface area contributed by atoms with Crippen LogP contribution in [0, 0.1) is 17.1 Å². The fraction of sp³-hybridized carbons (Fsp3) is 0. The van der Waals surface area contributed by atoms with E-state index in [1.807, 2.05) is 66.7 Å². The number of rotatable bonds is 5. The fourth-order valence-corrected chi connectivity index (χ4v) is 3.55. The summed E-state index contributed by atoms with van der Waals surface area (Å²) in [6.07, 6.45) is 3.14. The average molecular weight is 448 g/mol. The number of hydrogen-bond donors (Lipinski definition) is 1. The summed E-state index contributed by atoms with van der Waals surface area (Å²) >= 11 is 0. The minimum Gasteiger partial charge on any atom is -0.454 e. The van der Waals surface area contributed by atoms with Crippen LogP contribution < -0.4 is 5.32 Å². The number of para-hydroxylation sites is 3. The van der Waals surface area contributed by atoms with Gasteiger partial charge in [-0.1, -0.05) is 48.5 Å². The highest BCUT2D eigenvalue weighted by atomic mass is 19.1. The van der Waals surface area contributed by atoms with E-state index in [1.165, 1.54) is 24.3 Å². The first-order valence-electron chi connectivity index (χ1n) is 10.4. The Labute approximate surface area is 194 Å². The van der Waals surface area contributed by atoms with E-state index in [4.69, 9.17) is 4.42 Å². The lowest BCUT2D eigenvalue weighted by molar-refractivity contribution is -0.112. The number of carbonyl (C=O) groups is 1. The van der Waals surface area contributed by atoms with E-state index < -0.39 is 11.7 Å². The number of anilines is 1. The molecular formula is C27H17FN4O2. The van der Waals surface area contributed by atoms with Crippen molar-refractivity contribution in [3.8, 4) is 23.2 Å². The van der Waals surface area contributed by atoms with Gasteiger partial charge in [0.05, 0.1) is 11.4 Å². The third kappa shape index (κ3) is 4.08. The van der Waals surface area contributed by atoms with Gasteiger partial charge in [-0.25, -0.2) is 9.07 Å². The molecule has 0 aliphatic rings. The number of hydrogen-bond acceptors (Lipinski definition) is 4. The minimum atomic E-state index is -0.726. The van der Waals surface area contributed by atoms with E-state index in [1.54, 1.807) is 16.9 Å². The summed E-state index contributed by atoms with van der Waals surface area (Å²) in [4.78, 5) is 12.7. The first kappa shape index (κ1) is 20.9. The summed E-state index contributed by atoms with van der Waals surface area (Å²) in [5.74, 6) is -0.822. The number of nitrogens with one attached hydrogen (secondary N) is 1. The quantitative estimate of drug-likeness (QED) is 0.265. The monoisotopic (exact) mass is 448 g/mol. The van der Waals surface area contributed by atoms with Gasteiger partial charge in [0.15, 0.2) is 5.76 Å². The highest BCUT2D eigenvalue weighted by Crippen LogP contribution is 2.31. The van der Waals surface area contributed by atoms with E-state index in [2.05, 4.69) is 10.4 Å². The van der Waals surface area contributed by atoms with Crippen molar-refractivity contribution >= 4 is 28.6 Å². The molecule has 0 saturated heterocycles. The molecule has 1 amide bonds. The van der Waals surface area contributed by atoms with Gasteiger partial charge in [0, 0.05) is 17.1 Å². The number of nitriles is 1. The molecule has 0 fully saturated rings. The summed E-state index contributed by atoms with van der Waals surface area (Å²) in [6.45, 7) is 0. The molecule has 0 unspecified atom stereocenters. The molecule has 6 nitrogen and oxygen atoms in total. The molecule has 5 aromatic rings. The summed E-state index contributed by atoms with van der Waals surface area (Å²) in [7, 11) is 0. The normalized spacial score (nSPS) is 11.4. The Bertz CT molecular complexity index is 1540. The zero-order valence-corrected chi connectivity index (χ0v) is 17.8. The Morgan fingerprint density at radius 1 is 1.03 bits per heavy atom. The lowest BCUT2D eigenvalue weighted by Crippen LogP contribution is -2.14. The van der Waals surface area contributed by atoms with Gasteiger partial charge in [-0.05, 0) is 42.5 Å². The van der Waals surface area contributed by atoms with Gasteiger partial charge < -0.3 is 9.73 Å². The van der Waals surface area contributed by atoms with Crippen molar-refractivity contribution in [3.63, 3.8) is 0 Å². The van der Waals surface area contributed by atoms with Crippen LogP contribution in [-0.2, 0) is 4.79 Å². The molecule has 0 radical (unpaired) electrons. The fourth-order valence-electron chi connectivity index (χ4n) is 3.55. The average Bonchev–Trinajstić information content (AvgIpc) is 3.48. The van der Waals surface area contributed by atoms with Gasteiger partial charge in [0.2, 0.25) is 0 Å². The van der Waals surface area contributed by atoms with Gasteiger partial charge >= 0.3 is 0 Å². The molecule has 164 valence electrons. The number of carbonyl (C=O) groups excluding carboxylic acids is 1. The van der Waals surface area contributed by atoms with Crippen molar-refractivity contribution in [2.45, 2.75) is 0 Å². The molecule has 5 rings (SSSR count). The van der Waals surface area contributed by atoms with Crippen LogP contribution in [0.5, 0.6) is 0 Å². The molecule has 34 heavy (non-hydrogen) atoms. The maximum absolute atomic E-state index is 14.0. The maximum atomic E-state index is 14.0. The van der Waals surface area contributed by atoms with Crippen molar-refractivity contribution in [2.75, 3.05) is 5.32 Å². The third-order valence-corrected chi connectivity index (χ3v) is 5.21. The Hall–Kier alpha value is -4.96. The van der Waals surface area contributed by atoms with Crippen LogP contribution in [0.3, 0.4) is 0 Å². The molecule has 2 heterocycles. The Morgan fingerprint density at radius 2 is 1.76 bits per heavy atom. The molecule has 0 saturated carbocycles. The van der Waals surface area contributed by atoms with Crippen molar-refractivity contribution in [1.29, 1.82) is 5.26 Å². The van der Waals surface area contributed by atoms with Gasteiger partial charge in [-0.3, -0.25) is 4.79 Å². The van der Waals surface area contributed by atoms with Gasteiger partial charge in [0.25, 0.3) is 5.91 Å². The second kappa shape index (κ2) is 8.88. The van der Waals surface area contributed by atoms with Crippen molar-refractivity contribution in [1.82, 2.24) is 9.78 Å². The first-order chi connectivity index (χ1) is 16.6. The van der Waals surface area contributed by atoms with Crippen LogP contribution in [0.4, 0.5) is 10.1 Å². The number of halogens is 1. The predicted octanol–water partition coefficient (Wildman–Crippen LogP) is 5.97. The molecule has 0 aliphatic heterocycles. The third-order valence-electron chi connectivity index (χ3n) is 5.21. The van der Waals surface area contributed by atoms with E-state index in [9.17, 15) is 14.4 Å². The predicted molar refractivity (Wildman–Crippen MR) is 127 cm³/mol. The van der Waals surface area contributed by atoms with Crippen LogP contribution in [0.25, 0.3) is 34.2 Å². The number of amides is 1. The summed E-state index contributed by atoms with van der Waals surface area (Å²) in [5.41, 5.74) is 2.25. The zero-order valence-electron chi connectivity index (χ0n) is 17.8. The smallest absolute Gasteiger partial charge is 0.266 e. The topological polar surface area (TPSA) is 83.8 Å². The van der Waals surface area contributed by atoms with Crippen LogP contribution in [0.2, 0.25) is 0 Å². The molecule has 7 heteroatoms. The molecule has 3 aromatic carbocycles. The Kier molecular flexibility index (Phi) is 5.46. The molecule has 2 aromatic heterocycles. The van der Waals surface area contributed by atoms with Gasteiger partial charge in [-0.15, -0.1) is 0 Å². The largest absolute Gasteiger partial charge is 0.454 e. The Balaban J connectivity index is 1.59. The number of aromatic nitrogens is 2. The first-order valence-corrected chi connectivity index (χ1v) is 10.4. The molecule has 0 atom stereocenters. The van der Waals surface area contributed by atoms with Gasteiger partial charge in [-0.2, -0.15) is 10.4 Å². The summed E-state index contributed by atoms with van der Waals surface area (Å²) in [5, 5.41) is 17.7. The number of nitrogens with zero attached hydrogens (tertiary/aromatic N) is 3. The van der Waals surface area contributed by atoms with Crippen LogP contribution in [-0.4, -0.2) is 15.7 Å². The molecule has 0 bridgehead atoms. The van der Waals surface area contributed by atoms with Crippen LogP contribution in [0.1, 0.15) is 5.56 Å². The second-order valence-electron chi connectivity index (χ2n) is 7.47. The SMILES string of the molecule is N#CC(=Cc1cn(-c2ccccc2)nc1-c1cc2ccccc2o1)C(=O)Nc1ccccc1F. The van der Waals surface area contributed by atoms with Crippen molar-refractivity contribution in [3.05, 3.63) is 108 Å². The number of benzene rings is 3. The standard InChI is InChI=1S/C27H17FN4O2/c28-22-11-5-6-12-23(22)30-27(33)19(16-29)14-20-17-32(21-9-2-1-3-10-21)31-26(20)25-15-18-8-4-7-13-24(18)34-25/h1-15,17H,(H,30,33). The highest BCUT2D eigenvalue weighted by molar-refractivity contribution is 6.10. The maximum Gasteiger partial charge on any atom is 0.266 e. The number of furan rings is 1. The van der Waals surface area contributed by atoms with E-state index in [0.29, 0.717) is 22.6 Å². The lowest BCUT2D eigenvalue weighted by Gasteiger charge is -2.05. The van der Waals surface area contributed by atoms with E-state index in [-0.39, 0.29) is 11.3 Å².